The maximum absolute atomic E-state index is 11.0. The summed E-state index contributed by atoms with van der Waals surface area (Å²) in [5.41, 5.74) is -0.165. The number of nitrogens with zero attached hydrogens (tertiary/aromatic N) is 1. The Balaban J connectivity index is 2.42. The van der Waals surface area contributed by atoms with Gasteiger partial charge < -0.3 is 20.5 Å². The average Bonchev–Trinajstić information content (AvgIpc) is 2.62. The van der Waals surface area contributed by atoms with Crippen LogP contribution in [0.15, 0.2) is 35.3 Å². The predicted octanol–water partition coefficient (Wildman–Crippen LogP) is 2.18. The maximum Gasteiger partial charge on any atom is 0.305 e. The Hall–Kier alpha value is -2.08. The fourth-order valence-corrected chi connectivity index (χ4v) is 2.34. The zero-order valence-corrected chi connectivity index (χ0v) is 15.5. The van der Waals surface area contributed by atoms with E-state index in [0.29, 0.717) is 12.4 Å². The van der Waals surface area contributed by atoms with E-state index in [1.807, 2.05) is 37.3 Å². The van der Waals surface area contributed by atoms with Crippen molar-refractivity contribution >= 4 is 11.9 Å². The van der Waals surface area contributed by atoms with E-state index in [9.17, 15) is 9.90 Å². The summed E-state index contributed by atoms with van der Waals surface area (Å²) in [7, 11) is 1.41. The van der Waals surface area contributed by atoms with Gasteiger partial charge in [0, 0.05) is 19.5 Å². The van der Waals surface area contributed by atoms with Gasteiger partial charge in [-0.1, -0.05) is 36.8 Å². The third-order valence-electron chi connectivity index (χ3n) is 3.86. The van der Waals surface area contributed by atoms with Crippen molar-refractivity contribution in [2.45, 2.75) is 45.1 Å². The molecule has 0 spiro atoms. The first-order valence-corrected chi connectivity index (χ1v) is 8.86. The second-order valence-electron chi connectivity index (χ2n) is 6.15. The van der Waals surface area contributed by atoms with E-state index in [0.717, 1.165) is 37.9 Å². The SMILES string of the molecule is CCNC(=NCC(C)(O)c1ccccc1)NCCCCCC(=O)OC. The highest BCUT2D eigenvalue weighted by molar-refractivity contribution is 5.79. The molecule has 0 amide bonds. The van der Waals surface area contributed by atoms with Crippen molar-refractivity contribution in [2.75, 3.05) is 26.7 Å². The highest BCUT2D eigenvalue weighted by Gasteiger charge is 2.22. The number of carbonyl (C=O) groups is 1. The molecule has 0 saturated heterocycles. The topological polar surface area (TPSA) is 83.0 Å². The molecule has 1 aromatic rings. The fourth-order valence-electron chi connectivity index (χ4n) is 2.34. The molecule has 25 heavy (non-hydrogen) atoms. The van der Waals surface area contributed by atoms with Gasteiger partial charge in [-0.05, 0) is 32.3 Å². The number of ether oxygens (including phenoxy) is 1. The van der Waals surface area contributed by atoms with E-state index < -0.39 is 5.60 Å². The van der Waals surface area contributed by atoms with Gasteiger partial charge in [0.1, 0.15) is 5.60 Å². The molecule has 0 aliphatic heterocycles. The van der Waals surface area contributed by atoms with Gasteiger partial charge in [0.2, 0.25) is 0 Å². The molecule has 0 aromatic heterocycles. The molecule has 0 aliphatic carbocycles. The fraction of sp³-hybridized carbons (Fsp3) is 0.579. The first-order valence-electron chi connectivity index (χ1n) is 8.86. The van der Waals surface area contributed by atoms with Crippen LogP contribution >= 0.6 is 0 Å². The van der Waals surface area contributed by atoms with E-state index in [-0.39, 0.29) is 12.5 Å². The molecule has 6 nitrogen and oxygen atoms in total. The van der Waals surface area contributed by atoms with Gasteiger partial charge in [-0.15, -0.1) is 0 Å². The highest BCUT2D eigenvalue weighted by Crippen LogP contribution is 2.20. The van der Waals surface area contributed by atoms with Crippen molar-refractivity contribution in [3.05, 3.63) is 35.9 Å². The summed E-state index contributed by atoms with van der Waals surface area (Å²) in [5, 5.41) is 17.1. The molecule has 0 saturated carbocycles. The molecule has 0 fully saturated rings. The number of benzene rings is 1. The number of aliphatic hydroxyl groups is 1. The van der Waals surface area contributed by atoms with Crippen molar-refractivity contribution in [1.29, 1.82) is 0 Å². The molecule has 1 unspecified atom stereocenters. The number of rotatable bonds is 10. The monoisotopic (exact) mass is 349 g/mol. The van der Waals surface area contributed by atoms with Crippen LogP contribution in [0.5, 0.6) is 0 Å². The Labute approximate surface area is 150 Å². The van der Waals surface area contributed by atoms with Crippen LogP contribution in [-0.4, -0.2) is 43.8 Å². The maximum atomic E-state index is 11.0. The Kier molecular flexibility index (Phi) is 9.62. The minimum atomic E-state index is -1.01. The Morgan fingerprint density at radius 3 is 2.56 bits per heavy atom. The third kappa shape index (κ3) is 8.54. The molecule has 1 rings (SSSR count). The molecule has 3 N–H and O–H groups in total. The number of aliphatic imine (C=N–C) groups is 1. The summed E-state index contributed by atoms with van der Waals surface area (Å²) in [6, 6.07) is 9.54. The number of guanidine groups is 1. The first kappa shape index (κ1) is 21.0. The molecular weight excluding hydrogens is 318 g/mol. The van der Waals surface area contributed by atoms with Gasteiger partial charge in [0.25, 0.3) is 0 Å². The standard InChI is InChI=1S/C19H31N3O3/c1-4-20-18(21-14-10-6-9-13-17(23)25-3)22-15-19(2,24)16-11-7-5-8-12-16/h5,7-8,11-12,24H,4,6,9-10,13-15H2,1-3H3,(H2,20,21,22). The van der Waals surface area contributed by atoms with Crippen LogP contribution in [0, 0.1) is 0 Å². The van der Waals surface area contributed by atoms with E-state index in [2.05, 4.69) is 20.4 Å². The van der Waals surface area contributed by atoms with Crippen molar-refractivity contribution in [3.63, 3.8) is 0 Å². The van der Waals surface area contributed by atoms with Gasteiger partial charge >= 0.3 is 5.97 Å². The smallest absolute Gasteiger partial charge is 0.305 e. The molecule has 1 atom stereocenters. The van der Waals surface area contributed by atoms with E-state index in [1.54, 1.807) is 6.92 Å². The van der Waals surface area contributed by atoms with Crippen LogP contribution < -0.4 is 10.6 Å². The molecule has 0 bridgehead atoms. The van der Waals surface area contributed by atoms with Gasteiger partial charge in [-0.25, -0.2) is 4.99 Å². The molecule has 140 valence electrons. The molecule has 1 aromatic carbocycles. The lowest BCUT2D eigenvalue weighted by Gasteiger charge is -2.22. The van der Waals surface area contributed by atoms with Crippen LogP contribution in [0.4, 0.5) is 0 Å². The molecule has 6 heteroatoms. The van der Waals surface area contributed by atoms with Crippen LogP contribution in [-0.2, 0) is 15.1 Å². The van der Waals surface area contributed by atoms with Crippen molar-refractivity contribution in [1.82, 2.24) is 10.6 Å². The van der Waals surface area contributed by atoms with E-state index >= 15 is 0 Å². The number of nitrogens with one attached hydrogen (secondary N) is 2. The van der Waals surface area contributed by atoms with E-state index in [4.69, 9.17) is 0 Å². The molecule has 0 heterocycles. The van der Waals surface area contributed by atoms with Gasteiger partial charge in [-0.2, -0.15) is 0 Å². The lowest BCUT2D eigenvalue weighted by atomic mass is 9.96. The zero-order chi connectivity index (χ0) is 18.5. The first-order chi connectivity index (χ1) is 12.0. The summed E-state index contributed by atoms with van der Waals surface area (Å²) < 4.78 is 4.62. The number of carbonyl (C=O) groups excluding carboxylic acids is 1. The molecular formula is C19H31N3O3. The Bertz CT molecular complexity index is 530. The Morgan fingerprint density at radius 2 is 1.92 bits per heavy atom. The van der Waals surface area contributed by atoms with Crippen molar-refractivity contribution < 1.29 is 14.6 Å². The average molecular weight is 349 g/mol. The lowest BCUT2D eigenvalue weighted by Crippen LogP contribution is -2.39. The number of unbranched alkanes of at least 4 members (excludes halogenated alkanes) is 2. The second-order valence-corrected chi connectivity index (χ2v) is 6.15. The number of methoxy groups -OCH3 is 1. The molecule has 0 aliphatic rings. The van der Waals surface area contributed by atoms with Crippen LogP contribution in [0.1, 0.15) is 45.1 Å². The summed E-state index contributed by atoms with van der Waals surface area (Å²) in [5.74, 6) is 0.526. The van der Waals surface area contributed by atoms with Crippen LogP contribution in [0.3, 0.4) is 0 Å². The zero-order valence-electron chi connectivity index (χ0n) is 15.5. The predicted molar refractivity (Wildman–Crippen MR) is 100 cm³/mol. The third-order valence-corrected chi connectivity index (χ3v) is 3.86. The summed E-state index contributed by atoms with van der Waals surface area (Å²) >= 11 is 0. The normalized spacial score (nSPS) is 13.8. The summed E-state index contributed by atoms with van der Waals surface area (Å²) in [6.45, 7) is 5.56. The Morgan fingerprint density at radius 1 is 1.20 bits per heavy atom. The minimum absolute atomic E-state index is 0.161. The van der Waals surface area contributed by atoms with Crippen LogP contribution in [0.25, 0.3) is 0 Å². The van der Waals surface area contributed by atoms with E-state index in [1.165, 1.54) is 7.11 Å². The van der Waals surface area contributed by atoms with Crippen molar-refractivity contribution in [2.24, 2.45) is 4.99 Å². The van der Waals surface area contributed by atoms with Gasteiger partial charge in [-0.3, -0.25) is 4.79 Å². The highest BCUT2D eigenvalue weighted by atomic mass is 16.5. The lowest BCUT2D eigenvalue weighted by molar-refractivity contribution is -0.140. The van der Waals surface area contributed by atoms with Gasteiger partial charge in [0.15, 0.2) is 5.96 Å². The van der Waals surface area contributed by atoms with Crippen molar-refractivity contribution in [3.8, 4) is 0 Å². The summed E-state index contributed by atoms with van der Waals surface area (Å²) in [6.07, 6.45) is 3.18. The second kappa shape index (κ2) is 11.5. The largest absolute Gasteiger partial charge is 0.469 e. The van der Waals surface area contributed by atoms with Gasteiger partial charge in [0.05, 0.1) is 13.7 Å². The number of hydrogen-bond donors (Lipinski definition) is 3. The van der Waals surface area contributed by atoms with Crippen LogP contribution in [0.2, 0.25) is 0 Å². The quantitative estimate of drug-likeness (QED) is 0.261. The summed E-state index contributed by atoms with van der Waals surface area (Å²) in [4.78, 5) is 15.5. The molecule has 0 radical (unpaired) electrons. The minimum Gasteiger partial charge on any atom is -0.469 e. The number of hydrogen-bond acceptors (Lipinski definition) is 4. The number of esters is 1.